The van der Waals surface area contributed by atoms with Crippen LogP contribution >= 0.6 is 24.2 Å². The van der Waals surface area contributed by atoms with Crippen LogP contribution in [0.25, 0.3) is 0 Å². The van der Waals surface area contributed by atoms with Gasteiger partial charge in [0, 0.05) is 4.90 Å². The minimum atomic E-state index is -4.30. The molecule has 1 atom stereocenters. The molecule has 0 fully saturated rings. The fourth-order valence-corrected chi connectivity index (χ4v) is 1.55. The van der Waals surface area contributed by atoms with Crippen molar-refractivity contribution in [2.45, 2.75) is 16.4 Å². The first kappa shape index (κ1) is 15.5. The Bertz CT molecular complexity index is 314. The van der Waals surface area contributed by atoms with Crippen LogP contribution < -0.4 is 5.73 Å². The minimum Gasteiger partial charge on any atom is -0.322 e. The number of nitrogens with two attached hydrogens (primary N) is 1. The predicted octanol–water partition coefficient (Wildman–Crippen LogP) is 3.69. The molecule has 0 aromatic heterocycles. The molecule has 92 valence electrons. The van der Waals surface area contributed by atoms with Crippen molar-refractivity contribution in [1.82, 2.24) is 0 Å². The van der Waals surface area contributed by atoms with Crippen LogP contribution in [0, 0.1) is 0 Å². The first-order valence-corrected chi connectivity index (χ1v) is 4.91. The van der Waals surface area contributed by atoms with E-state index in [1.807, 2.05) is 0 Å². The van der Waals surface area contributed by atoms with Crippen LogP contribution in [0.1, 0.15) is 11.6 Å². The molecule has 16 heavy (non-hydrogen) atoms. The zero-order valence-corrected chi connectivity index (χ0v) is 9.63. The summed E-state index contributed by atoms with van der Waals surface area (Å²) in [4.78, 5) is 0.0670. The molecular formula is C9H10ClF4NS. The van der Waals surface area contributed by atoms with Crippen molar-refractivity contribution < 1.29 is 17.6 Å². The fourth-order valence-electron chi connectivity index (χ4n) is 1.01. The van der Waals surface area contributed by atoms with Crippen LogP contribution in [-0.4, -0.2) is 12.2 Å². The molecule has 0 radical (unpaired) electrons. The average molecular weight is 276 g/mol. The van der Waals surface area contributed by atoms with E-state index in [9.17, 15) is 17.6 Å². The van der Waals surface area contributed by atoms with E-state index in [0.717, 1.165) is 0 Å². The van der Waals surface area contributed by atoms with Gasteiger partial charge in [0.05, 0.1) is 6.04 Å². The topological polar surface area (TPSA) is 26.0 Å². The van der Waals surface area contributed by atoms with Gasteiger partial charge in [0.2, 0.25) is 0 Å². The molecule has 1 nitrogen and oxygen atoms in total. The van der Waals surface area contributed by atoms with E-state index in [4.69, 9.17) is 5.73 Å². The van der Waals surface area contributed by atoms with Gasteiger partial charge in [-0.2, -0.15) is 13.2 Å². The quantitative estimate of drug-likeness (QED) is 0.672. The second-order valence-corrected chi connectivity index (χ2v) is 4.02. The van der Waals surface area contributed by atoms with Gasteiger partial charge in [-0.25, -0.2) is 4.39 Å². The molecule has 0 aliphatic carbocycles. The van der Waals surface area contributed by atoms with Gasteiger partial charge >= 0.3 is 5.51 Å². The number of benzene rings is 1. The predicted molar refractivity (Wildman–Crippen MR) is 58.5 cm³/mol. The molecule has 2 N–H and O–H groups in total. The largest absolute Gasteiger partial charge is 0.446 e. The van der Waals surface area contributed by atoms with Crippen LogP contribution in [0.4, 0.5) is 17.6 Å². The standard InChI is InChI=1S/C9H9F4NS.ClH/c10-5-8(14)6-1-3-7(4-2-6)15-9(11,12)13;/h1-4,8H,5,14H2;1H/t8-;/m0./s1. The van der Waals surface area contributed by atoms with Crippen LogP contribution in [0.3, 0.4) is 0 Å². The van der Waals surface area contributed by atoms with Crippen molar-refractivity contribution in [3.05, 3.63) is 29.8 Å². The second kappa shape index (κ2) is 6.32. The Hall–Kier alpha value is -0.460. The summed E-state index contributed by atoms with van der Waals surface area (Å²) in [6.45, 7) is -0.730. The third-order valence-corrected chi connectivity index (χ3v) is 2.45. The maximum Gasteiger partial charge on any atom is 0.446 e. The number of hydrogen-bond acceptors (Lipinski definition) is 2. The summed E-state index contributed by atoms with van der Waals surface area (Å²) in [7, 11) is 0. The molecule has 1 aromatic carbocycles. The summed E-state index contributed by atoms with van der Waals surface area (Å²) in [5.41, 5.74) is 1.56. The maximum atomic E-state index is 12.1. The Balaban J connectivity index is 0.00000225. The summed E-state index contributed by atoms with van der Waals surface area (Å²) < 4.78 is 48.0. The summed E-state index contributed by atoms with van der Waals surface area (Å²) in [6, 6.07) is 4.60. The van der Waals surface area contributed by atoms with Crippen molar-refractivity contribution in [1.29, 1.82) is 0 Å². The lowest BCUT2D eigenvalue weighted by Gasteiger charge is -2.09. The first-order chi connectivity index (χ1) is 6.92. The van der Waals surface area contributed by atoms with E-state index in [1.54, 1.807) is 0 Å². The van der Waals surface area contributed by atoms with E-state index < -0.39 is 18.2 Å². The Labute approximate surface area is 101 Å². The number of thioether (sulfide) groups is 1. The van der Waals surface area contributed by atoms with Gasteiger partial charge in [-0.15, -0.1) is 12.4 Å². The van der Waals surface area contributed by atoms with Crippen molar-refractivity contribution in [2.75, 3.05) is 6.67 Å². The lowest BCUT2D eigenvalue weighted by molar-refractivity contribution is -0.0328. The smallest absolute Gasteiger partial charge is 0.322 e. The van der Waals surface area contributed by atoms with Crippen molar-refractivity contribution in [3.8, 4) is 0 Å². The highest BCUT2D eigenvalue weighted by Crippen LogP contribution is 2.36. The molecular weight excluding hydrogens is 266 g/mol. The lowest BCUT2D eigenvalue weighted by atomic mass is 10.1. The molecule has 0 saturated carbocycles. The monoisotopic (exact) mass is 275 g/mol. The van der Waals surface area contributed by atoms with E-state index in [0.29, 0.717) is 5.56 Å². The number of rotatable bonds is 3. The summed E-state index contributed by atoms with van der Waals surface area (Å²) in [5, 5.41) is 0. The molecule has 0 amide bonds. The van der Waals surface area contributed by atoms with E-state index in [-0.39, 0.29) is 29.1 Å². The molecule has 0 aliphatic rings. The number of halogens is 5. The first-order valence-electron chi connectivity index (χ1n) is 4.09. The third-order valence-electron chi connectivity index (χ3n) is 1.71. The van der Waals surface area contributed by atoms with Gasteiger partial charge in [0.1, 0.15) is 6.67 Å². The van der Waals surface area contributed by atoms with E-state index >= 15 is 0 Å². The molecule has 0 spiro atoms. The van der Waals surface area contributed by atoms with Gasteiger partial charge in [-0.3, -0.25) is 0 Å². The van der Waals surface area contributed by atoms with Gasteiger partial charge in [-0.05, 0) is 29.5 Å². The van der Waals surface area contributed by atoms with Crippen molar-refractivity contribution in [2.24, 2.45) is 5.73 Å². The number of alkyl halides is 4. The molecule has 0 heterocycles. The Kier molecular flexibility index (Phi) is 6.14. The fraction of sp³-hybridized carbons (Fsp3) is 0.333. The van der Waals surface area contributed by atoms with Crippen molar-refractivity contribution in [3.63, 3.8) is 0 Å². The van der Waals surface area contributed by atoms with Crippen LogP contribution in [0.15, 0.2) is 29.2 Å². The Morgan fingerprint density at radius 1 is 1.19 bits per heavy atom. The highest BCUT2D eigenvalue weighted by molar-refractivity contribution is 8.00. The molecule has 0 bridgehead atoms. The van der Waals surface area contributed by atoms with E-state index in [1.165, 1.54) is 24.3 Å². The van der Waals surface area contributed by atoms with Gasteiger partial charge in [0.25, 0.3) is 0 Å². The SMILES string of the molecule is Cl.N[C@@H](CF)c1ccc(SC(F)(F)F)cc1. The molecule has 1 rings (SSSR count). The summed E-state index contributed by atoms with van der Waals surface area (Å²) in [5.74, 6) is 0. The highest BCUT2D eigenvalue weighted by Gasteiger charge is 2.29. The maximum absolute atomic E-state index is 12.1. The lowest BCUT2D eigenvalue weighted by Crippen LogP contribution is -2.11. The molecule has 0 aliphatic heterocycles. The van der Waals surface area contributed by atoms with Gasteiger partial charge in [-0.1, -0.05) is 12.1 Å². The van der Waals surface area contributed by atoms with Crippen molar-refractivity contribution >= 4 is 24.2 Å². The second-order valence-electron chi connectivity index (χ2n) is 2.88. The molecule has 7 heteroatoms. The van der Waals surface area contributed by atoms with Crippen LogP contribution in [0.5, 0.6) is 0 Å². The Morgan fingerprint density at radius 2 is 1.69 bits per heavy atom. The van der Waals surface area contributed by atoms with Gasteiger partial charge in [0.15, 0.2) is 0 Å². The van der Waals surface area contributed by atoms with Crippen LogP contribution in [0.2, 0.25) is 0 Å². The zero-order valence-electron chi connectivity index (χ0n) is 8.00. The molecule has 1 aromatic rings. The zero-order chi connectivity index (χ0) is 11.5. The molecule has 0 unspecified atom stereocenters. The van der Waals surface area contributed by atoms with Gasteiger partial charge < -0.3 is 5.73 Å². The molecule has 0 saturated heterocycles. The van der Waals surface area contributed by atoms with E-state index in [2.05, 4.69) is 0 Å². The normalized spacial score (nSPS) is 13.1. The minimum absolute atomic E-state index is 0. The summed E-state index contributed by atoms with van der Waals surface area (Å²) in [6.07, 6.45) is 0. The van der Waals surface area contributed by atoms with Crippen LogP contribution in [-0.2, 0) is 0 Å². The Morgan fingerprint density at radius 3 is 2.06 bits per heavy atom. The summed E-state index contributed by atoms with van der Waals surface area (Å²) >= 11 is -0.206. The third kappa shape index (κ3) is 5.05. The average Bonchev–Trinajstić information content (AvgIpc) is 2.15. The highest BCUT2D eigenvalue weighted by atomic mass is 35.5. The number of hydrogen-bond donors (Lipinski definition) is 1.